The minimum Gasteiger partial charge on any atom is -0.642 e. The summed E-state index contributed by atoms with van der Waals surface area (Å²) < 4.78 is 19.9. The fraction of sp³-hybridized carbons (Fsp3) is 0.176. The first-order valence-electron chi connectivity index (χ1n) is 19.8. The van der Waals surface area contributed by atoms with E-state index >= 15 is 0 Å². The van der Waals surface area contributed by atoms with Gasteiger partial charge >= 0.3 is 29.3 Å². The Kier molecular flexibility index (Phi) is 14.3. The predicted molar refractivity (Wildman–Crippen MR) is 240 cm³/mol. The van der Waals surface area contributed by atoms with E-state index < -0.39 is 29.3 Å². The third-order valence-electron chi connectivity index (χ3n) is 9.61. The van der Waals surface area contributed by atoms with Crippen molar-refractivity contribution in [1.29, 1.82) is 0 Å². The second-order valence-corrected chi connectivity index (χ2v) is 18.8. The van der Waals surface area contributed by atoms with E-state index in [9.17, 15) is 0 Å². The van der Waals surface area contributed by atoms with Gasteiger partial charge in [0, 0.05) is 22.3 Å². The summed E-state index contributed by atoms with van der Waals surface area (Å²) in [6.07, 6.45) is 0. The van der Waals surface area contributed by atoms with E-state index in [0.717, 1.165) is 61.8 Å². The number of rotatable bonds is 12. The van der Waals surface area contributed by atoms with Crippen molar-refractivity contribution in [3.63, 3.8) is 0 Å². The van der Waals surface area contributed by atoms with Crippen LogP contribution >= 0.6 is 0 Å². The Balaban J connectivity index is 0.000000280. The third-order valence-corrected chi connectivity index (χ3v) is 11.5. The lowest BCUT2D eigenvalue weighted by molar-refractivity contribution is 0.435. The smallest absolute Gasteiger partial charge is 0.642 e. The van der Waals surface area contributed by atoms with Gasteiger partial charge in [-0.1, -0.05) is 215 Å². The topological polar surface area (TPSA) is 27.7 Å². The second-order valence-electron chi connectivity index (χ2n) is 14.9. The largest absolute Gasteiger partial charge is 0.853 e. The number of para-hydroxylation sites is 3. The Bertz CT molecular complexity index is 2000. The van der Waals surface area contributed by atoms with Gasteiger partial charge in [0.1, 0.15) is 0 Å². The number of hydrogen-bond acceptors (Lipinski definition) is 3. The molecule has 0 amide bonds. The van der Waals surface area contributed by atoms with Crippen LogP contribution in [0.15, 0.2) is 176 Å². The SMILES string of the molecule is CC(C)c1cccc(C(C)C)c1[O][Al]([CH3])[CH3].[CH3][Al]([O]c1c(-c2ccccc2)cccc1-c1ccccc1)[O]c1c(-c2ccccc2)cccc1-c1ccccc1. The lowest BCUT2D eigenvalue weighted by Gasteiger charge is -2.23. The Labute approximate surface area is 344 Å². The van der Waals surface area contributed by atoms with Gasteiger partial charge in [0.15, 0.2) is 0 Å². The van der Waals surface area contributed by atoms with Crippen LogP contribution < -0.4 is 11.4 Å². The summed E-state index contributed by atoms with van der Waals surface area (Å²) in [7, 11) is 0. The molecule has 0 heterocycles. The molecule has 7 aromatic carbocycles. The van der Waals surface area contributed by atoms with Gasteiger partial charge < -0.3 is 11.4 Å². The maximum Gasteiger partial charge on any atom is 0.853 e. The summed E-state index contributed by atoms with van der Waals surface area (Å²) in [5, 5.41) is 0. The van der Waals surface area contributed by atoms with Crippen LogP contribution in [0.3, 0.4) is 0 Å². The van der Waals surface area contributed by atoms with Gasteiger partial charge in [-0.3, -0.25) is 0 Å². The van der Waals surface area contributed by atoms with E-state index in [1.165, 1.54) is 11.1 Å². The van der Waals surface area contributed by atoms with Crippen molar-refractivity contribution in [3.05, 3.63) is 187 Å². The normalized spacial score (nSPS) is 10.7. The molecular formula is C51H52Al2O3. The first-order chi connectivity index (χ1) is 27.2. The molecular weight excluding hydrogens is 715 g/mol. The van der Waals surface area contributed by atoms with Gasteiger partial charge in [-0.25, -0.2) is 0 Å². The fourth-order valence-corrected chi connectivity index (χ4v) is 8.88. The van der Waals surface area contributed by atoms with Gasteiger partial charge in [-0.2, -0.15) is 0 Å². The quantitative estimate of drug-likeness (QED) is 0.116. The molecule has 0 N–H and O–H groups in total. The average molecular weight is 767 g/mol. The molecule has 3 nitrogen and oxygen atoms in total. The Morgan fingerprint density at radius 1 is 0.321 bits per heavy atom. The maximum absolute atomic E-state index is 6.89. The molecule has 0 aliphatic rings. The van der Waals surface area contributed by atoms with Crippen molar-refractivity contribution in [2.75, 3.05) is 0 Å². The van der Waals surface area contributed by atoms with Gasteiger partial charge in [0.05, 0.1) is 17.2 Å². The fourth-order valence-electron chi connectivity index (χ4n) is 6.92. The molecule has 5 heteroatoms. The van der Waals surface area contributed by atoms with Gasteiger partial charge in [0.2, 0.25) is 0 Å². The number of hydrogen-bond donors (Lipinski definition) is 0. The molecule has 0 bridgehead atoms. The van der Waals surface area contributed by atoms with Crippen LogP contribution in [-0.2, 0) is 0 Å². The van der Waals surface area contributed by atoms with Crippen molar-refractivity contribution in [2.45, 2.75) is 56.9 Å². The summed E-state index contributed by atoms with van der Waals surface area (Å²) >= 11 is -3.30. The minimum absolute atomic E-state index is 0.529. The molecule has 7 rings (SSSR count). The van der Waals surface area contributed by atoms with E-state index in [2.05, 4.69) is 197 Å². The molecule has 0 unspecified atom stereocenters. The standard InChI is InChI=1S/2C18H14O.C12H18O.3CH3.2Al/c2*19-18-16(14-8-3-1-4-9-14)12-7-13-17(18)15-10-5-2-6-11-15;1-8(2)10-6-5-7-11(9(3)4)12(10)13;;;;;/h2*1-13,19H;5-9,13H,1-4H3;3*1H3;;/q;;;;;;+1;+2/p-3. The third kappa shape index (κ3) is 10.2. The first kappa shape index (κ1) is 40.7. The van der Waals surface area contributed by atoms with Crippen molar-refractivity contribution < 1.29 is 11.4 Å². The summed E-state index contributed by atoms with van der Waals surface area (Å²) in [6, 6.07) is 60.9. The molecule has 56 heavy (non-hydrogen) atoms. The van der Waals surface area contributed by atoms with E-state index in [0.29, 0.717) is 11.8 Å². The molecule has 0 aliphatic heterocycles. The number of benzene rings is 7. The van der Waals surface area contributed by atoms with E-state index in [4.69, 9.17) is 11.4 Å². The second kappa shape index (κ2) is 19.7. The lowest BCUT2D eigenvalue weighted by atomic mass is 9.94. The van der Waals surface area contributed by atoms with Gasteiger partial charge in [-0.05, 0) is 51.0 Å². The van der Waals surface area contributed by atoms with Crippen molar-refractivity contribution in [1.82, 2.24) is 0 Å². The molecule has 0 aliphatic carbocycles. The van der Waals surface area contributed by atoms with Crippen molar-refractivity contribution in [3.8, 4) is 61.8 Å². The lowest BCUT2D eigenvalue weighted by Crippen LogP contribution is -2.27. The minimum atomic E-state index is -2.26. The summed E-state index contributed by atoms with van der Waals surface area (Å²) in [5.41, 5.74) is 11.4. The Morgan fingerprint density at radius 2 is 0.607 bits per heavy atom. The van der Waals surface area contributed by atoms with E-state index in [1.807, 2.05) is 24.3 Å². The molecule has 0 spiro atoms. The van der Waals surface area contributed by atoms with E-state index in [-0.39, 0.29) is 0 Å². The average Bonchev–Trinajstić information content (AvgIpc) is 3.22. The highest BCUT2D eigenvalue weighted by molar-refractivity contribution is 6.49. The van der Waals surface area contributed by atoms with Crippen LogP contribution in [0.2, 0.25) is 17.4 Å². The molecule has 0 saturated carbocycles. The molecule has 0 saturated heterocycles. The van der Waals surface area contributed by atoms with Crippen molar-refractivity contribution >= 4 is 29.3 Å². The van der Waals surface area contributed by atoms with Crippen LogP contribution in [0.4, 0.5) is 0 Å². The zero-order valence-corrected chi connectivity index (χ0v) is 36.1. The van der Waals surface area contributed by atoms with Crippen LogP contribution in [-0.4, -0.2) is 29.3 Å². The highest BCUT2D eigenvalue weighted by atomic mass is 27.2. The molecule has 7 aromatic rings. The van der Waals surface area contributed by atoms with Crippen LogP contribution in [0.5, 0.6) is 17.2 Å². The van der Waals surface area contributed by atoms with Crippen LogP contribution in [0.25, 0.3) is 44.5 Å². The molecule has 0 atom stereocenters. The molecule has 0 aromatic heterocycles. The van der Waals surface area contributed by atoms with Crippen LogP contribution in [0.1, 0.15) is 50.7 Å². The highest BCUT2D eigenvalue weighted by Gasteiger charge is 2.30. The zero-order chi connectivity index (χ0) is 39.4. The first-order valence-corrected chi connectivity index (χ1v) is 24.7. The monoisotopic (exact) mass is 766 g/mol. The summed E-state index contributed by atoms with van der Waals surface area (Å²) in [4.78, 5) is 0. The van der Waals surface area contributed by atoms with Gasteiger partial charge in [0.25, 0.3) is 0 Å². The van der Waals surface area contributed by atoms with E-state index in [1.54, 1.807) is 0 Å². The predicted octanol–water partition coefficient (Wildman–Crippen LogP) is 14.5. The molecule has 0 radical (unpaired) electrons. The maximum atomic E-state index is 6.89. The highest BCUT2D eigenvalue weighted by Crippen LogP contribution is 2.42. The van der Waals surface area contributed by atoms with Crippen LogP contribution in [0, 0.1) is 0 Å². The van der Waals surface area contributed by atoms with Gasteiger partial charge in [-0.15, -0.1) is 0 Å². The molecule has 0 fully saturated rings. The summed E-state index contributed by atoms with van der Waals surface area (Å²) in [5.74, 6) is 10.5. The van der Waals surface area contributed by atoms with Crippen molar-refractivity contribution in [2.24, 2.45) is 0 Å². The zero-order valence-electron chi connectivity index (χ0n) is 33.8. The Hall–Kier alpha value is -5.00. The molecule has 280 valence electrons. The Morgan fingerprint density at radius 3 is 0.875 bits per heavy atom. The summed E-state index contributed by atoms with van der Waals surface area (Å²) in [6.45, 7) is 8.92.